The minimum Gasteiger partial charge on any atom is -0.481 e. The van der Waals surface area contributed by atoms with Crippen molar-refractivity contribution < 1.29 is 24.3 Å². The van der Waals surface area contributed by atoms with Crippen molar-refractivity contribution in [2.24, 2.45) is 5.92 Å². The van der Waals surface area contributed by atoms with E-state index in [2.05, 4.69) is 37.9 Å². The van der Waals surface area contributed by atoms with E-state index in [9.17, 15) is 19.2 Å². The summed E-state index contributed by atoms with van der Waals surface area (Å²) in [5, 5.41) is 15.9. The van der Waals surface area contributed by atoms with Gasteiger partial charge in [-0.2, -0.15) is 5.26 Å². The predicted octanol–water partition coefficient (Wildman–Crippen LogP) is 2.40. The number of thiol groups is 3. The Bertz CT molecular complexity index is 326. The van der Waals surface area contributed by atoms with Crippen LogP contribution >= 0.6 is 37.9 Å². The summed E-state index contributed by atoms with van der Waals surface area (Å²) in [6, 6.07) is 1.96. The molecule has 0 aliphatic heterocycles. The summed E-state index contributed by atoms with van der Waals surface area (Å²) < 4.78 is 0. The molecule has 0 fully saturated rings. The molecule has 0 saturated heterocycles. The Kier molecular flexibility index (Phi) is 28.7. The molecular weight excluding hydrogens is 334 g/mol. The number of nitriles is 1. The maximum Gasteiger partial charge on any atom is 0.303 e. The van der Waals surface area contributed by atoms with E-state index >= 15 is 0 Å². The van der Waals surface area contributed by atoms with Gasteiger partial charge in [0.05, 0.1) is 6.07 Å². The van der Waals surface area contributed by atoms with Crippen LogP contribution in [0.2, 0.25) is 0 Å². The van der Waals surface area contributed by atoms with Gasteiger partial charge >= 0.3 is 5.97 Å². The maximum atomic E-state index is 9.91. The van der Waals surface area contributed by atoms with Gasteiger partial charge in [0, 0.05) is 33.1 Å². The first-order valence-corrected chi connectivity index (χ1v) is 6.90. The Morgan fingerprint density at radius 2 is 1.24 bits per heavy atom. The number of nitrogens with zero attached hydrogens (tertiary/aromatic N) is 1. The lowest BCUT2D eigenvalue weighted by Crippen LogP contribution is -1.98. The number of carboxylic acids is 1. The fourth-order valence-electron chi connectivity index (χ4n) is 0.405. The van der Waals surface area contributed by atoms with Crippen LogP contribution in [0.1, 0.15) is 40.5 Å². The molecule has 1 unspecified atom stereocenters. The van der Waals surface area contributed by atoms with Crippen LogP contribution < -0.4 is 0 Å². The van der Waals surface area contributed by atoms with Gasteiger partial charge < -0.3 is 5.11 Å². The van der Waals surface area contributed by atoms with E-state index in [-0.39, 0.29) is 27.7 Å². The molecule has 0 aromatic heterocycles. The lowest BCUT2D eigenvalue weighted by atomic mass is 10.1. The van der Waals surface area contributed by atoms with Crippen LogP contribution in [-0.4, -0.2) is 26.4 Å². The first-order valence-electron chi connectivity index (χ1n) is 5.56. The molecule has 0 aliphatic rings. The molecule has 9 heteroatoms. The van der Waals surface area contributed by atoms with Crippen LogP contribution in [0, 0.1) is 17.2 Å². The van der Waals surface area contributed by atoms with Gasteiger partial charge in [0.25, 0.3) is 0 Å². The van der Waals surface area contributed by atoms with E-state index < -0.39 is 5.97 Å². The second-order valence-corrected chi connectivity index (χ2v) is 5.41. The van der Waals surface area contributed by atoms with Crippen molar-refractivity contribution in [2.75, 3.05) is 0 Å². The molecular formula is C12H21NO5S3. The molecule has 0 aliphatic carbocycles. The van der Waals surface area contributed by atoms with Gasteiger partial charge in [-0.1, -0.05) is 0 Å². The minimum absolute atomic E-state index is 0.0920. The van der Waals surface area contributed by atoms with Crippen molar-refractivity contribution in [3.05, 3.63) is 0 Å². The van der Waals surface area contributed by atoms with Crippen molar-refractivity contribution in [2.45, 2.75) is 40.5 Å². The number of rotatable bonds is 3. The highest BCUT2D eigenvalue weighted by Gasteiger charge is 2.02. The number of aliphatic carboxylic acids is 1. The van der Waals surface area contributed by atoms with Gasteiger partial charge in [-0.05, 0) is 13.3 Å². The molecule has 0 saturated carbocycles. The molecule has 1 N–H and O–H groups in total. The number of hydrogen-bond donors (Lipinski definition) is 4. The van der Waals surface area contributed by atoms with E-state index in [1.165, 1.54) is 20.8 Å². The lowest BCUT2D eigenvalue weighted by molar-refractivity contribution is -0.137. The van der Waals surface area contributed by atoms with E-state index in [0.29, 0.717) is 6.42 Å². The normalized spacial score (nSPS) is 8.86. The van der Waals surface area contributed by atoms with Crippen LogP contribution in [0.25, 0.3) is 0 Å². The van der Waals surface area contributed by atoms with Gasteiger partial charge in [-0.3, -0.25) is 19.2 Å². The third-order valence-corrected chi connectivity index (χ3v) is 1.01. The highest BCUT2D eigenvalue weighted by atomic mass is 32.1. The zero-order valence-electron chi connectivity index (χ0n) is 12.4. The zero-order chi connectivity index (χ0) is 18.0. The summed E-state index contributed by atoms with van der Waals surface area (Å²) in [6.07, 6.45) is 0.542. The molecule has 0 rings (SSSR count). The molecule has 0 bridgehead atoms. The van der Waals surface area contributed by atoms with E-state index in [1.807, 2.05) is 6.07 Å². The summed E-state index contributed by atoms with van der Waals surface area (Å²) in [4.78, 5) is 37.8. The van der Waals surface area contributed by atoms with Gasteiger partial charge in [-0.15, -0.1) is 37.9 Å². The number of carbonyl (C=O) groups is 4. The van der Waals surface area contributed by atoms with Crippen molar-refractivity contribution in [1.82, 2.24) is 0 Å². The molecule has 0 aromatic carbocycles. The summed E-state index contributed by atoms with van der Waals surface area (Å²) in [7, 11) is 0. The minimum atomic E-state index is -0.836. The van der Waals surface area contributed by atoms with E-state index in [1.54, 1.807) is 6.92 Å². The number of hydrogen-bond acceptors (Lipinski definition) is 5. The largest absolute Gasteiger partial charge is 0.481 e. The predicted molar refractivity (Wildman–Crippen MR) is 90.6 cm³/mol. The Hall–Kier alpha value is -0.980. The van der Waals surface area contributed by atoms with Crippen molar-refractivity contribution in [3.8, 4) is 6.07 Å². The fraction of sp³-hybridized carbons (Fsp3) is 0.583. The molecule has 0 spiro atoms. The number of carbonyl (C=O) groups excluding carboxylic acids is 3. The first kappa shape index (κ1) is 28.2. The van der Waals surface area contributed by atoms with Gasteiger partial charge in [0.15, 0.2) is 15.3 Å². The third kappa shape index (κ3) is 152. The fourth-order valence-corrected chi connectivity index (χ4v) is 0.405. The molecule has 21 heavy (non-hydrogen) atoms. The van der Waals surface area contributed by atoms with Crippen molar-refractivity contribution >= 4 is 59.2 Å². The molecule has 1 atom stereocenters. The monoisotopic (exact) mass is 355 g/mol. The second-order valence-electron chi connectivity index (χ2n) is 3.52. The van der Waals surface area contributed by atoms with Gasteiger partial charge in [-0.25, -0.2) is 0 Å². The lowest BCUT2D eigenvalue weighted by Gasteiger charge is -1.95. The quantitative estimate of drug-likeness (QED) is 0.578. The Morgan fingerprint density at radius 1 is 1.00 bits per heavy atom. The molecule has 0 aromatic rings. The maximum absolute atomic E-state index is 9.91. The third-order valence-electron chi connectivity index (χ3n) is 1.01. The van der Waals surface area contributed by atoms with Crippen LogP contribution in [0.5, 0.6) is 0 Å². The topological polar surface area (TPSA) is 112 Å². The van der Waals surface area contributed by atoms with Crippen molar-refractivity contribution in [3.63, 3.8) is 0 Å². The van der Waals surface area contributed by atoms with Crippen LogP contribution in [0.15, 0.2) is 0 Å². The van der Waals surface area contributed by atoms with Gasteiger partial charge in [0.2, 0.25) is 0 Å². The van der Waals surface area contributed by atoms with Crippen molar-refractivity contribution in [1.29, 1.82) is 5.26 Å². The van der Waals surface area contributed by atoms with E-state index in [0.717, 1.165) is 0 Å². The Morgan fingerprint density at radius 3 is 1.38 bits per heavy atom. The molecule has 122 valence electrons. The summed E-state index contributed by atoms with van der Waals surface area (Å²) in [5.41, 5.74) is 0. The summed E-state index contributed by atoms with van der Waals surface area (Å²) >= 11 is 9.98. The first-order chi connectivity index (χ1) is 9.36. The van der Waals surface area contributed by atoms with Gasteiger partial charge in [0.1, 0.15) is 0 Å². The average molecular weight is 356 g/mol. The number of carboxylic acid groups (broad SMARTS) is 1. The molecule has 6 nitrogen and oxygen atoms in total. The second kappa shape index (κ2) is 21.3. The van der Waals surface area contributed by atoms with Crippen LogP contribution in [0.3, 0.4) is 0 Å². The SMILES string of the molecule is CC(=O)S.CC(=O)S.CC(=O)S.CC(C#N)CCC(=O)O. The Labute approximate surface area is 141 Å². The highest BCUT2D eigenvalue weighted by Crippen LogP contribution is 2.02. The smallest absolute Gasteiger partial charge is 0.303 e. The Balaban J connectivity index is -0.000000102. The van der Waals surface area contributed by atoms with Crippen LogP contribution in [0.4, 0.5) is 0 Å². The van der Waals surface area contributed by atoms with Crippen LogP contribution in [-0.2, 0) is 19.2 Å². The summed E-state index contributed by atoms with van der Waals surface area (Å²) in [5.74, 6) is -0.974. The molecule has 0 heterocycles. The van der Waals surface area contributed by atoms with E-state index in [4.69, 9.17) is 10.4 Å². The molecule has 0 amide bonds. The average Bonchev–Trinajstić information content (AvgIpc) is 2.23. The standard InChI is InChI=1S/C6H9NO2.3C2H4OS/c1-5(4-7)2-3-6(8)9;3*1-2(3)4/h5H,2-3H2,1H3,(H,8,9);3*1H3,(H,3,4). The zero-order valence-corrected chi connectivity index (χ0v) is 15.0. The summed E-state index contributed by atoms with van der Waals surface area (Å²) in [6.45, 7) is 5.89. The highest BCUT2D eigenvalue weighted by molar-refractivity contribution is 7.96. The molecule has 0 radical (unpaired) electrons.